The quantitative estimate of drug-likeness (QED) is 0.440. The van der Waals surface area contributed by atoms with Crippen molar-refractivity contribution in [2.24, 2.45) is 7.05 Å². The fraction of sp³-hybridized carbons (Fsp3) is 0.423. The molecule has 1 aromatic heterocycles. The van der Waals surface area contributed by atoms with Crippen LogP contribution in [-0.4, -0.2) is 51.2 Å². The van der Waals surface area contributed by atoms with Crippen molar-refractivity contribution in [3.05, 3.63) is 66.0 Å². The summed E-state index contributed by atoms with van der Waals surface area (Å²) in [4.78, 5) is 2.16. The van der Waals surface area contributed by atoms with Crippen molar-refractivity contribution in [3.63, 3.8) is 0 Å². The number of nitrogens with zero attached hydrogens (tertiary/aromatic N) is 3. The Bertz CT molecular complexity index is 1020. The summed E-state index contributed by atoms with van der Waals surface area (Å²) in [6, 6.07) is 16.1. The van der Waals surface area contributed by atoms with E-state index in [1.54, 1.807) is 16.8 Å². The van der Waals surface area contributed by atoms with E-state index in [2.05, 4.69) is 18.7 Å². The predicted octanol–water partition coefficient (Wildman–Crippen LogP) is 5.01. The van der Waals surface area contributed by atoms with Gasteiger partial charge < -0.3 is 14.6 Å². The van der Waals surface area contributed by atoms with Crippen LogP contribution in [0.4, 0.5) is 4.39 Å². The zero-order chi connectivity index (χ0) is 24.0. The molecule has 1 heterocycles. The first-order valence-electron chi connectivity index (χ1n) is 11.3. The van der Waals surface area contributed by atoms with E-state index in [-0.39, 0.29) is 24.6 Å². The molecule has 33 heavy (non-hydrogen) atoms. The largest absolute Gasteiger partial charge is 0.439 e. The van der Waals surface area contributed by atoms with E-state index in [0.29, 0.717) is 24.7 Å². The summed E-state index contributed by atoms with van der Waals surface area (Å²) < 4.78 is 27.2. The number of halogens is 1. The lowest BCUT2D eigenvalue weighted by Gasteiger charge is -2.29. The lowest BCUT2D eigenvalue weighted by Crippen LogP contribution is -2.39. The number of aliphatic hydroxyl groups is 1. The minimum atomic E-state index is -0.626. The van der Waals surface area contributed by atoms with Crippen LogP contribution in [0, 0.1) is 5.82 Å². The van der Waals surface area contributed by atoms with Crippen molar-refractivity contribution >= 4 is 0 Å². The molecule has 0 aliphatic carbocycles. The molecule has 0 fully saturated rings. The van der Waals surface area contributed by atoms with Crippen molar-refractivity contribution in [2.75, 3.05) is 13.2 Å². The molecule has 0 aliphatic heterocycles. The average molecular weight is 456 g/mol. The van der Waals surface area contributed by atoms with Crippen molar-refractivity contribution in [2.45, 2.75) is 52.5 Å². The molecule has 0 spiro atoms. The Morgan fingerprint density at radius 2 is 1.79 bits per heavy atom. The maximum Gasteiger partial charge on any atom is 0.222 e. The van der Waals surface area contributed by atoms with E-state index >= 15 is 0 Å². The Morgan fingerprint density at radius 1 is 1.06 bits per heavy atom. The summed E-state index contributed by atoms with van der Waals surface area (Å²) in [6.45, 7) is 9.27. The van der Waals surface area contributed by atoms with Gasteiger partial charge in [0, 0.05) is 37.8 Å². The van der Waals surface area contributed by atoms with Gasteiger partial charge in [-0.25, -0.2) is 9.07 Å². The topological polar surface area (TPSA) is 59.8 Å². The molecule has 7 heteroatoms. The van der Waals surface area contributed by atoms with Gasteiger partial charge in [0.05, 0.1) is 24.4 Å². The molecule has 0 saturated heterocycles. The number of aliphatic hydroxyl groups excluding tert-OH is 1. The summed E-state index contributed by atoms with van der Waals surface area (Å²) in [5.74, 6) is 0.579. The molecule has 0 saturated carbocycles. The summed E-state index contributed by atoms with van der Waals surface area (Å²) in [5.41, 5.74) is 2.63. The van der Waals surface area contributed by atoms with E-state index in [4.69, 9.17) is 14.6 Å². The lowest BCUT2D eigenvalue weighted by molar-refractivity contribution is -0.0137. The number of aryl methyl sites for hydroxylation is 1. The van der Waals surface area contributed by atoms with Gasteiger partial charge in [-0.15, -0.1) is 0 Å². The number of benzene rings is 2. The fourth-order valence-corrected chi connectivity index (χ4v) is 3.58. The molecule has 178 valence electrons. The zero-order valence-corrected chi connectivity index (χ0v) is 20.0. The highest BCUT2D eigenvalue weighted by molar-refractivity contribution is 5.65. The minimum Gasteiger partial charge on any atom is -0.439 e. The number of hydrogen-bond donors (Lipinski definition) is 1. The predicted molar refractivity (Wildman–Crippen MR) is 128 cm³/mol. The first-order chi connectivity index (χ1) is 15.7. The van der Waals surface area contributed by atoms with Gasteiger partial charge in [-0.2, -0.15) is 5.10 Å². The van der Waals surface area contributed by atoms with E-state index in [1.807, 2.05) is 51.2 Å². The van der Waals surface area contributed by atoms with Gasteiger partial charge in [-0.3, -0.25) is 4.90 Å². The molecule has 0 radical (unpaired) electrons. The normalized spacial score (nSPS) is 12.7. The van der Waals surface area contributed by atoms with Crippen molar-refractivity contribution in [1.29, 1.82) is 0 Å². The summed E-state index contributed by atoms with van der Waals surface area (Å²) in [7, 11) is 1.82. The van der Waals surface area contributed by atoms with Crippen molar-refractivity contribution in [1.82, 2.24) is 14.7 Å². The van der Waals surface area contributed by atoms with Crippen molar-refractivity contribution < 1.29 is 19.0 Å². The third kappa shape index (κ3) is 6.87. The van der Waals surface area contributed by atoms with Gasteiger partial charge in [0.15, 0.2) is 0 Å². The van der Waals surface area contributed by atoms with Crippen LogP contribution < -0.4 is 4.74 Å². The number of ether oxygens (including phenoxy) is 2. The summed E-state index contributed by atoms with van der Waals surface area (Å²) in [6.07, 6.45) is -0.569. The van der Waals surface area contributed by atoms with Crippen LogP contribution in [0.15, 0.2) is 54.6 Å². The number of rotatable bonds is 11. The number of hydrogen-bond acceptors (Lipinski definition) is 5. The standard InChI is InChI=1S/C26H34FN3O3/c1-18(2)30(15-22(31)17-32-19(3)4)16-24-25(20-10-7-6-8-11-20)28-29(5)26(24)33-23-13-9-12-21(27)14-23/h6-14,18-19,22,31H,15-17H2,1-5H3/t22-/m1/s1. The van der Waals surface area contributed by atoms with Crippen LogP contribution in [0.1, 0.15) is 33.3 Å². The minimum absolute atomic E-state index is 0.0569. The van der Waals surface area contributed by atoms with Gasteiger partial charge in [0.1, 0.15) is 17.3 Å². The van der Waals surface area contributed by atoms with E-state index < -0.39 is 6.10 Å². The molecule has 3 aromatic rings. The summed E-state index contributed by atoms with van der Waals surface area (Å²) in [5, 5.41) is 15.3. The second-order valence-corrected chi connectivity index (χ2v) is 8.74. The first kappa shape index (κ1) is 24.9. The van der Waals surface area contributed by atoms with Crippen LogP contribution in [-0.2, 0) is 18.3 Å². The molecule has 0 aliphatic rings. The second kappa shape index (κ2) is 11.4. The maximum atomic E-state index is 13.8. The SMILES string of the molecule is CC(C)OC[C@H](O)CN(Cc1c(-c2ccccc2)nn(C)c1Oc1cccc(F)c1)C(C)C. The van der Waals surface area contributed by atoms with Crippen LogP contribution in [0.25, 0.3) is 11.3 Å². The molecule has 6 nitrogen and oxygen atoms in total. The smallest absolute Gasteiger partial charge is 0.222 e. The third-order valence-corrected chi connectivity index (χ3v) is 5.30. The monoisotopic (exact) mass is 455 g/mol. The molecule has 1 N–H and O–H groups in total. The van der Waals surface area contributed by atoms with E-state index in [1.165, 1.54) is 12.1 Å². The van der Waals surface area contributed by atoms with E-state index in [0.717, 1.165) is 16.8 Å². The van der Waals surface area contributed by atoms with Gasteiger partial charge in [-0.05, 0) is 39.8 Å². The highest BCUT2D eigenvalue weighted by atomic mass is 19.1. The van der Waals surface area contributed by atoms with Crippen LogP contribution in [0.3, 0.4) is 0 Å². The van der Waals surface area contributed by atoms with Gasteiger partial charge in [0.2, 0.25) is 5.88 Å². The molecule has 2 aromatic carbocycles. The second-order valence-electron chi connectivity index (χ2n) is 8.74. The molecule has 0 amide bonds. The molecular formula is C26H34FN3O3. The van der Waals surface area contributed by atoms with Crippen molar-refractivity contribution in [3.8, 4) is 22.9 Å². The Hall–Kier alpha value is -2.74. The van der Waals surface area contributed by atoms with E-state index in [9.17, 15) is 9.50 Å². The van der Waals surface area contributed by atoms with Gasteiger partial charge >= 0.3 is 0 Å². The fourth-order valence-electron chi connectivity index (χ4n) is 3.58. The lowest BCUT2D eigenvalue weighted by atomic mass is 10.1. The average Bonchev–Trinajstić information content (AvgIpc) is 3.07. The third-order valence-electron chi connectivity index (χ3n) is 5.30. The maximum absolute atomic E-state index is 13.8. The molecule has 3 rings (SSSR count). The number of aromatic nitrogens is 2. The Morgan fingerprint density at radius 3 is 2.42 bits per heavy atom. The Kier molecular flexibility index (Phi) is 8.61. The Balaban J connectivity index is 1.95. The molecule has 0 unspecified atom stereocenters. The molecule has 1 atom stereocenters. The van der Waals surface area contributed by atoms with Gasteiger partial charge in [0.25, 0.3) is 0 Å². The first-order valence-corrected chi connectivity index (χ1v) is 11.3. The van der Waals surface area contributed by atoms with Crippen LogP contribution in [0.2, 0.25) is 0 Å². The zero-order valence-electron chi connectivity index (χ0n) is 20.0. The molecule has 0 bridgehead atoms. The highest BCUT2D eigenvalue weighted by Gasteiger charge is 2.24. The Labute approximate surface area is 195 Å². The molecular weight excluding hydrogens is 421 g/mol. The van der Waals surface area contributed by atoms with Gasteiger partial charge in [-0.1, -0.05) is 36.4 Å². The van der Waals surface area contributed by atoms with Crippen LogP contribution in [0.5, 0.6) is 11.6 Å². The van der Waals surface area contributed by atoms with Crippen LogP contribution >= 0.6 is 0 Å². The highest BCUT2D eigenvalue weighted by Crippen LogP contribution is 2.34. The summed E-state index contributed by atoms with van der Waals surface area (Å²) >= 11 is 0.